The fourth-order valence-electron chi connectivity index (χ4n) is 3.94. The number of anilines is 1. The molecule has 1 fully saturated rings. The van der Waals surface area contributed by atoms with E-state index in [1.807, 2.05) is 5.48 Å². The molecule has 1 aliphatic carbocycles. The third-order valence-corrected chi connectivity index (χ3v) is 8.45. The van der Waals surface area contributed by atoms with Crippen LogP contribution in [0.25, 0.3) is 0 Å². The summed E-state index contributed by atoms with van der Waals surface area (Å²) in [5, 5.41) is 7.46. The van der Waals surface area contributed by atoms with Gasteiger partial charge in [0, 0.05) is 18.9 Å². The van der Waals surface area contributed by atoms with Crippen molar-refractivity contribution in [1.82, 2.24) is 5.48 Å². The molecule has 0 heterocycles. The van der Waals surface area contributed by atoms with E-state index in [1.54, 1.807) is 0 Å². The van der Waals surface area contributed by atoms with Gasteiger partial charge in [0.05, 0.1) is 31.3 Å². The number of nitrogens with one attached hydrogen (secondary N) is 2. The highest BCUT2D eigenvalue weighted by atomic mass is 32.2. The van der Waals surface area contributed by atoms with Gasteiger partial charge in [-0.2, -0.15) is 0 Å². The Morgan fingerprint density at radius 3 is 2.13 bits per heavy atom. The molecule has 16 heteroatoms. The largest absolute Gasteiger partial charge is 0.379 e. The van der Waals surface area contributed by atoms with E-state index in [0.717, 1.165) is 19.3 Å². The van der Waals surface area contributed by atoms with Crippen molar-refractivity contribution >= 4 is 37.7 Å². The van der Waals surface area contributed by atoms with Gasteiger partial charge in [0.15, 0.2) is 32.2 Å². The number of halogens is 3. The van der Waals surface area contributed by atoms with Crippen molar-refractivity contribution in [2.45, 2.75) is 73.6 Å². The molecule has 1 aromatic rings. The van der Waals surface area contributed by atoms with Crippen LogP contribution in [0, 0.1) is 17.5 Å². The monoisotopic (exact) mass is 587 g/mol. The molecule has 0 saturated heterocycles. The van der Waals surface area contributed by atoms with Gasteiger partial charge in [0.1, 0.15) is 11.2 Å². The molecule has 0 bridgehead atoms. The molecule has 0 unspecified atom stereocenters. The van der Waals surface area contributed by atoms with Crippen molar-refractivity contribution < 1.29 is 49.2 Å². The van der Waals surface area contributed by atoms with Crippen molar-refractivity contribution in [2.75, 3.05) is 30.9 Å². The standard InChI is InChI=1S/C22H32F3N3O8S2/c23-17-18(24)22(37(31,32)14-9-16(30)28-36-13-12-35-11-6-10-29)20(19(25)21(17)38(26,33)34)27-15-7-4-2-1-3-5-8-15/h10,15,27H,1-9,11-14H2,(H,28,30)(H2,26,33,34). The number of ether oxygens (including phenoxy) is 1. The summed E-state index contributed by atoms with van der Waals surface area (Å²) >= 11 is 0. The molecule has 0 spiro atoms. The molecule has 0 atom stereocenters. The summed E-state index contributed by atoms with van der Waals surface area (Å²) in [5.41, 5.74) is 0.912. The fraction of sp³-hybridized carbons (Fsp3) is 0.636. The number of benzene rings is 1. The molecule has 2 rings (SSSR count). The zero-order valence-electron chi connectivity index (χ0n) is 20.6. The van der Waals surface area contributed by atoms with Crippen LogP contribution < -0.4 is 15.9 Å². The molecule has 1 saturated carbocycles. The van der Waals surface area contributed by atoms with Gasteiger partial charge >= 0.3 is 0 Å². The van der Waals surface area contributed by atoms with Crippen LogP contribution in [0.4, 0.5) is 18.9 Å². The number of hydroxylamine groups is 1. The number of aldehydes is 1. The Morgan fingerprint density at radius 2 is 1.53 bits per heavy atom. The van der Waals surface area contributed by atoms with E-state index >= 15 is 8.78 Å². The number of carbonyl (C=O) groups excluding carboxylic acids is 2. The third-order valence-electron chi connectivity index (χ3n) is 5.78. The predicted molar refractivity (Wildman–Crippen MR) is 130 cm³/mol. The van der Waals surface area contributed by atoms with Crippen LogP contribution >= 0.6 is 0 Å². The summed E-state index contributed by atoms with van der Waals surface area (Å²) in [6.45, 7) is 0.0643. The van der Waals surface area contributed by atoms with Crippen LogP contribution in [0.1, 0.15) is 57.8 Å². The Balaban J connectivity index is 2.27. The van der Waals surface area contributed by atoms with E-state index < -0.39 is 76.9 Å². The van der Waals surface area contributed by atoms with Gasteiger partial charge in [-0.3, -0.25) is 9.63 Å². The molecular formula is C22H32F3N3O8S2. The second kappa shape index (κ2) is 14.8. The zero-order chi connectivity index (χ0) is 28.3. The number of hydrogen-bond acceptors (Lipinski definition) is 9. The van der Waals surface area contributed by atoms with Gasteiger partial charge in [0.2, 0.25) is 15.9 Å². The minimum Gasteiger partial charge on any atom is -0.379 e. The summed E-state index contributed by atoms with van der Waals surface area (Å²) < 4.78 is 99.7. The molecule has 1 aliphatic rings. The predicted octanol–water partition coefficient (Wildman–Crippen LogP) is 2.09. The topological polar surface area (TPSA) is 171 Å². The number of rotatable bonds is 14. The highest BCUT2D eigenvalue weighted by Crippen LogP contribution is 2.37. The maximum absolute atomic E-state index is 15.3. The first-order valence-electron chi connectivity index (χ1n) is 12.0. The third kappa shape index (κ3) is 9.18. The number of sulfone groups is 1. The highest BCUT2D eigenvalue weighted by molar-refractivity contribution is 7.91. The molecule has 11 nitrogen and oxygen atoms in total. The van der Waals surface area contributed by atoms with Gasteiger partial charge in [-0.25, -0.2) is 40.6 Å². The number of primary sulfonamides is 1. The lowest BCUT2D eigenvalue weighted by Gasteiger charge is -2.25. The molecule has 4 N–H and O–H groups in total. The van der Waals surface area contributed by atoms with Gasteiger partial charge in [0.25, 0.3) is 0 Å². The van der Waals surface area contributed by atoms with Crippen molar-refractivity contribution in [3.05, 3.63) is 17.5 Å². The Bertz CT molecular complexity index is 1190. The maximum Gasteiger partial charge on any atom is 0.244 e. The van der Waals surface area contributed by atoms with Crippen molar-refractivity contribution in [2.24, 2.45) is 5.14 Å². The molecule has 0 radical (unpaired) electrons. The molecule has 1 amide bonds. The maximum atomic E-state index is 15.3. The Kier molecular flexibility index (Phi) is 12.4. The molecule has 216 valence electrons. The number of sulfonamides is 1. The van der Waals surface area contributed by atoms with E-state index in [2.05, 4.69) is 5.32 Å². The summed E-state index contributed by atoms with van der Waals surface area (Å²) in [4.78, 5) is 23.8. The summed E-state index contributed by atoms with van der Waals surface area (Å²) in [7, 11) is -9.97. The van der Waals surface area contributed by atoms with Crippen molar-refractivity contribution in [3.63, 3.8) is 0 Å². The number of nitrogens with two attached hydrogens (primary N) is 1. The van der Waals surface area contributed by atoms with Crippen LogP contribution in [0.3, 0.4) is 0 Å². The summed E-state index contributed by atoms with van der Waals surface area (Å²) in [6.07, 6.45) is 5.12. The molecule has 38 heavy (non-hydrogen) atoms. The summed E-state index contributed by atoms with van der Waals surface area (Å²) in [6, 6.07) is -0.539. The lowest BCUT2D eigenvalue weighted by atomic mass is 9.96. The first-order chi connectivity index (χ1) is 17.9. The Hall–Kier alpha value is -2.27. The van der Waals surface area contributed by atoms with Crippen LogP contribution in [0.2, 0.25) is 0 Å². The summed E-state index contributed by atoms with van der Waals surface area (Å²) in [5.74, 6) is -8.24. The van der Waals surface area contributed by atoms with E-state index in [-0.39, 0.29) is 26.2 Å². The number of amides is 1. The zero-order valence-corrected chi connectivity index (χ0v) is 22.3. The van der Waals surface area contributed by atoms with Crippen molar-refractivity contribution in [1.29, 1.82) is 0 Å². The van der Waals surface area contributed by atoms with E-state index in [4.69, 9.17) is 14.7 Å². The van der Waals surface area contributed by atoms with Gasteiger partial charge < -0.3 is 14.8 Å². The second-order valence-electron chi connectivity index (χ2n) is 8.72. The molecule has 0 aliphatic heterocycles. The quantitative estimate of drug-likeness (QED) is 0.128. The lowest BCUT2D eigenvalue weighted by molar-refractivity contribution is -0.134. The minimum atomic E-state index is -5.10. The Morgan fingerprint density at radius 1 is 0.921 bits per heavy atom. The Labute approximate surface area is 219 Å². The second-order valence-corrected chi connectivity index (χ2v) is 12.3. The first-order valence-corrected chi connectivity index (χ1v) is 15.2. The average Bonchev–Trinajstić information content (AvgIpc) is 2.81. The molecule has 0 aromatic heterocycles. The van der Waals surface area contributed by atoms with Gasteiger partial charge in [-0.15, -0.1) is 0 Å². The van der Waals surface area contributed by atoms with Gasteiger partial charge in [-0.1, -0.05) is 32.1 Å². The van der Waals surface area contributed by atoms with Gasteiger partial charge in [-0.05, 0) is 12.8 Å². The lowest BCUT2D eigenvalue weighted by Crippen LogP contribution is -2.29. The number of carbonyl (C=O) groups is 2. The fourth-order valence-corrected chi connectivity index (χ4v) is 6.11. The van der Waals surface area contributed by atoms with E-state index in [1.165, 1.54) is 0 Å². The highest BCUT2D eigenvalue weighted by Gasteiger charge is 2.37. The van der Waals surface area contributed by atoms with Crippen LogP contribution in [0.15, 0.2) is 9.79 Å². The first kappa shape index (κ1) is 31.9. The van der Waals surface area contributed by atoms with E-state index in [0.29, 0.717) is 32.0 Å². The number of hydrogen-bond donors (Lipinski definition) is 3. The smallest absolute Gasteiger partial charge is 0.244 e. The normalized spacial score (nSPS) is 15.5. The SMILES string of the molecule is NS(=O)(=O)c1c(F)c(F)c(S(=O)(=O)CCC(=O)NOCCOCCC=O)c(NC2CCCCCCC2)c1F. The van der Waals surface area contributed by atoms with E-state index in [9.17, 15) is 30.8 Å². The van der Waals surface area contributed by atoms with Crippen LogP contribution in [-0.4, -0.2) is 60.6 Å². The van der Waals surface area contributed by atoms with Crippen molar-refractivity contribution in [3.8, 4) is 0 Å². The minimum absolute atomic E-state index is 0.0305. The van der Waals surface area contributed by atoms with Crippen LogP contribution in [0.5, 0.6) is 0 Å². The molecule has 1 aromatic carbocycles. The molecular weight excluding hydrogens is 555 g/mol. The average molecular weight is 588 g/mol. The van der Waals surface area contributed by atoms with Crippen LogP contribution in [-0.2, 0) is 39.0 Å².